The maximum absolute atomic E-state index is 2.41. The molecule has 0 fully saturated rings. The normalized spacial score (nSPS) is 11.2. The van der Waals surface area contributed by atoms with Crippen molar-refractivity contribution in [2.24, 2.45) is 0 Å². The Hall–Kier alpha value is -6.64. The van der Waals surface area contributed by atoms with Crippen molar-refractivity contribution in [3.8, 4) is 39.1 Å². The van der Waals surface area contributed by atoms with E-state index in [4.69, 9.17) is 0 Å². The molecule has 0 bridgehead atoms. The van der Waals surface area contributed by atoms with Crippen LogP contribution in [-0.2, 0) is 0 Å². The minimum absolute atomic E-state index is 1.10. The lowest BCUT2D eigenvalue weighted by molar-refractivity contribution is 1.18. The maximum atomic E-state index is 2.41. The average Bonchev–Trinajstić information content (AvgIpc) is 3.54. The molecule has 0 saturated carbocycles. The van der Waals surface area contributed by atoms with Gasteiger partial charge in [0.25, 0.3) is 0 Å². The van der Waals surface area contributed by atoms with E-state index in [1.165, 1.54) is 55.2 Å². The number of nitrogens with zero attached hydrogens (tertiary/aromatic N) is 2. The van der Waals surface area contributed by atoms with Gasteiger partial charge in [-0.1, -0.05) is 146 Å². The lowest BCUT2D eigenvalue weighted by atomic mass is 9.98. The van der Waals surface area contributed by atoms with Crippen LogP contribution in [0.1, 0.15) is 0 Å². The van der Waals surface area contributed by atoms with E-state index in [0.29, 0.717) is 0 Å². The van der Waals surface area contributed by atoms with Gasteiger partial charge in [-0.25, -0.2) is 0 Å². The van der Waals surface area contributed by atoms with Gasteiger partial charge in [-0.15, -0.1) is 0 Å². The summed E-state index contributed by atoms with van der Waals surface area (Å²) in [5, 5.41) is 2.49. The number of aromatic nitrogens is 1. The van der Waals surface area contributed by atoms with E-state index in [1.54, 1.807) is 0 Å². The number of benzene rings is 8. The SMILES string of the molecule is c1ccc(-c2cccc(-c3ccc(N(c4ccccc4)c4ccc5c6c(-c7ccccc7)cccc6n(-c6ccccc6)c5c4)cc3)c2)cc1. The summed E-state index contributed by atoms with van der Waals surface area (Å²) in [5.74, 6) is 0. The Balaban J connectivity index is 1.20. The standard InChI is InChI=1S/C48H34N2/c1-5-15-35(16-6-1)38-19-13-20-39(33-38)36-27-29-42(30-28-36)49(40-21-9-3-10-22-40)43-31-32-45-47(34-43)50(41-23-11-4-12-24-41)46-26-14-25-44(48(45)46)37-17-7-2-8-18-37/h1-34H. The molecule has 0 atom stereocenters. The molecule has 0 N–H and O–H groups in total. The molecular formula is C48H34N2. The monoisotopic (exact) mass is 638 g/mol. The van der Waals surface area contributed by atoms with Crippen LogP contribution < -0.4 is 4.90 Å². The Morgan fingerprint density at radius 2 is 0.840 bits per heavy atom. The van der Waals surface area contributed by atoms with Crippen LogP contribution in [0, 0.1) is 0 Å². The molecule has 9 aromatic rings. The summed E-state index contributed by atoms with van der Waals surface area (Å²) in [4.78, 5) is 2.36. The Labute approximate surface area is 292 Å². The maximum Gasteiger partial charge on any atom is 0.0562 e. The van der Waals surface area contributed by atoms with Crippen molar-refractivity contribution >= 4 is 38.9 Å². The number of hydrogen-bond donors (Lipinski definition) is 0. The Morgan fingerprint density at radius 1 is 0.320 bits per heavy atom. The van der Waals surface area contributed by atoms with E-state index < -0.39 is 0 Å². The van der Waals surface area contributed by atoms with Crippen molar-refractivity contribution in [2.45, 2.75) is 0 Å². The molecule has 8 aromatic carbocycles. The molecular weight excluding hydrogens is 605 g/mol. The molecule has 9 rings (SSSR count). The highest BCUT2D eigenvalue weighted by atomic mass is 15.1. The molecule has 1 heterocycles. The summed E-state index contributed by atoms with van der Waals surface area (Å²) in [6.07, 6.45) is 0. The summed E-state index contributed by atoms with van der Waals surface area (Å²) in [7, 11) is 0. The molecule has 0 aliphatic rings. The van der Waals surface area contributed by atoms with Crippen molar-refractivity contribution in [2.75, 3.05) is 4.90 Å². The second-order valence-corrected chi connectivity index (χ2v) is 12.6. The van der Waals surface area contributed by atoms with Crippen LogP contribution in [0.2, 0.25) is 0 Å². The van der Waals surface area contributed by atoms with E-state index in [1.807, 2.05) is 0 Å². The van der Waals surface area contributed by atoms with Crippen LogP contribution in [0.4, 0.5) is 17.1 Å². The van der Waals surface area contributed by atoms with E-state index in [9.17, 15) is 0 Å². The van der Waals surface area contributed by atoms with Crippen LogP contribution in [-0.4, -0.2) is 4.57 Å². The first-order chi connectivity index (χ1) is 24.8. The van der Waals surface area contributed by atoms with Gasteiger partial charge in [0.2, 0.25) is 0 Å². The Morgan fingerprint density at radius 3 is 1.52 bits per heavy atom. The smallest absolute Gasteiger partial charge is 0.0562 e. The molecule has 0 spiro atoms. The van der Waals surface area contributed by atoms with Crippen molar-refractivity contribution in [1.82, 2.24) is 4.57 Å². The minimum Gasteiger partial charge on any atom is -0.310 e. The fraction of sp³-hybridized carbons (Fsp3) is 0. The summed E-state index contributed by atoms with van der Waals surface area (Å²) < 4.78 is 2.41. The number of rotatable bonds is 7. The quantitative estimate of drug-likeness (QED) is 0.169. The molecule has 2 heteroatoms. The first kappa shape index (κ1) is 29.5. The number of fused-ring (bicyclic) bond motifs is 3. The van der Waals surface area contributed by atoms with Crippen LogP contribution >= 0.6 is 0 Å². The summed E-state index contributed by atoms with van der Waals surface area (Å²) in [6.45, 7) is 0. The first-order valence-corrected chi connectivity index (χ1v) is 17.1. The highest BCUT2D eigenvalue weighted by molar-refractivity contribution is 6.16. The molecule has 0 saturated heterocycles. The van der Waals surface area contributed by atoms with Gasteiger partial charge in [0.1, 0.15) is 0 Å². The lowest BCUT2D eigenvalue weighted by Crippen LogP contribution is -2.10. The van der Waals surface area contributed by atoms with Gasteiger partial charge in [-0.2, -0.15) is 0 Å². The molecule has 50 heavy (non-hydrogen) atoms. The third-order valence-corrected chi connectivity index (χ3v) is 9.58. The molecule has 0 unspecified atom stereocenters. The molecule has 0 radical (unpaired) electrons. The molecule has 1 aromatic heterocycles. The second kappa shape index (κ2) is 12.8. The predicted octanol–water partition coefficient (Wildman–Crippen LogP) is 13.3. The number of para-hydroxylation sites is 2. The molecule has 0 amide bonds. The Bertz CT molecular complexity index is 2550. The van der Waals surface area contributed by atoms with Gasteiger partial charge < -0.3 is 9.47 Å². The van der Waals surface area contributed by atoms with Gasteiger partial charge >= 0.3 is 0 Å². The van der Waals surface area contributed by atoms with Gasteiger partial charge in [0.05, 0.1) is 11.0 Å². The summed E-state index contributed by atoms with van der Waals surface area (Å²) >= 11 is 0. The van der Waals surface area contributed by atoms with Gasteiger partial charge in [0.15, 0.2) is 0 Å². The molecule has 236 valence electrons. The third kappa shape index (κ3) is 5.34. The number of anilines is 3. The fourth-order valence-corrected chi connectivity index (χ4v) is 7.24. The van der Waals surface area contributed by atoms with Crippen molar-refractivity contribution < 1.29 is 0 Å². The van der Waals surface area contributed by atoms with Crippen molar-refractivity contribution in [1.29, 1.82) is 0 Å². The number of hydrogen-bond acceptors (Lipinski definition) is 1. The summed E-state index contributed by atoms with van der Waals surface area (Å²) in [5.41, 5.74) is 14.1. The zero-order chi connectivity index (χ0) is 33.3. The average molecular weight is 639 g/mol. The lowest BCUT2D eigenvalue weighted by Gasteiger charge is -2.26. The van der Waals surface area contributed by atoms with Crippen LogP contribution in [0.5, 0.6) is 0 Å². The zero-order valence-corrected chi connectivity index (χ0v) is 27.5. The van der Waals surface area contributed by atoms with Crippen LogP contribution in [0.3, 0.4) is 0 Å². The first-order valence-electron chi connectivity index (χ1n) is 17.1. The summed E-state index contributed by atoms with van der Waals surface area (Å²) in [6, 6.07) is 74.0. The van der Waals surface area contributed by atoms with E-state index in [2.05, 4.69) is 216 Å². The van der Waals surface area contributed by atoms with Gasteiger partial charge in [0, 0.05) is 33.5 Å². The second-order valence-electron chi connectivity index (χ2n) is 12.6. The van der Waals surface area contributed by atoms with Crippen LogP contribution in [0.15, 0.2) is 206 Å². The zero-order valence-electron chi connectivity index (χ0n) is 27.5. The Kier molecular flexibility index (Phi) is 7.53. The minimum atomic E-state index is 1.10. The van der Waals surface area contributed by atoms with Crippen LogP contribution in [0.25, 0.3) is 60.9 Å². The van der Waals surface area contributed by atoms with E-state index in [0.717, 1.165) is 22.7 Å². The highest BCUT2D eigenvalue weighted by Gasteiger charge is 2.19. The van der Waals surface area contributed by atoms with E-state index in [-0.39, 0.29) is 0 Å². The molecule has 2 nitrogen and oxygen atoms in total. The van der Waals surface area contributed by atoms with Gasteiger partial charge in [-0.3, -0.25) is 0 Å². The molecule has 0 aliphatic carbocycles. The third-order valence-electron chi connectivity index (χ3n) is 9.58. The highest BCUT2D eigenvalue weighted by Crippen LogP contribution is 2.42. The van der Waals surface area contributed by atoms with Crippen molar-refractivity contribution in [3.63, 3.8) is 0 Å². The van der Waals surface area contributed by atoms with Gasteiger partial charge in [-0.05, 0) is 94.0 Å². The van der Waals surface area contributed by atoms with E-state index >= 15 is 0 Å². The molecule has 0 aliphatic heterocycles. The largest absolute Gasteiger partial charge is 0.310 e. The fourth-order valence-electron chi connectivity index (χ4n) is 7.24. The van der Waals surface area contributed by atoms with Crippen molar-refractivity contribution in [3.05, 3.63) is 206 Å². The topological polar surface area (TPSA) is 8.17 Å². The predicted molar refractivity (Wildman–Crippen MR) is 212 cm³/mol.